The number of methoxy groups -OCH3 is 2. The van der Waals surface area contributed by atoms with Gasteiger partial charge in [0, 0.05) is 35.5 Å². The third-order valence-electron chi connectivity index (χ3n) is 5.42. The molecule has 166 valence electrons. The van der Waals surface area contributed by atoms with Crippen molar-refractivity contribution >= 4 is 22.2 Å². The number of pyridine rings is 1. The van der Waals surface area contributed by atoms with Crippen LogP contribution in [0.2, 0.25) is 0 Å². The van der Waals surface area contributed by atoms with Crippen LogP contribution in [0.25, 0.3) is 10.9 Å². The molecule has 0 atom stereocenters. The standard InChI is InChI=1S/C25H27N3O3S/c1-16-5-7-18(8-6-16)14-28-22-11-24(31-4)23(30-3)10-19(22)9-20(25(28)29)12-26-13-21-15-32-17(2)27-21/h5-11,15,26H,12-14H2,1-4H3. The van der Waals surface area contributed by atoms with Crippen molar-refractivity contribution in [1.82, 2.24) is 14.9 Å². The van der Waals surface area contributed by atoms with Crippen molar-refractivity contribution in [3.05, 3.63) is 85.6 Å². The van der Waals surface area contributed by atoms with Crippen molar-refractivity contribution in [3.8, 4) is 11.5 Å². The first kappa shape index (κ1) is 22.0. The van der Waals surface area contributed by atoms with E-state index >= 15 is 0 Å². The maximum absolute atomic E-state index is 13.5. The summed E-state index contributed by atoms with van der Waals surface area (Å²) in [4.78, 5) is 18.0. The minimum absolute atomic E-state index is 0.0211. The van der Waals surface area contributed by atoms with E-state index < -0.39 is 0 Å². The lowest BCUT2D eigenvalue weighted by atomic mass is 10.1. The Bertz CT molecular complexity index is 1290. The highest BCUT2D eigenvalue weighted by Crippen LogP contribution is 2.32. The van der Waals surface area contributed by atoms with Crippen molar-refractivity contribution in [3.63, 3.8) is 0 Å². The molecule has 7 heteroatoms. The average Bonchev–Trinajstić information content (AvgIpc) is 3.21. The van der Waals surface area contributed by atoms with Crippen LogP contribution in [0.5, 0.6) is 11.5 Å². The number of hydrogen-bond donors (Lipinski definition) is 1. The van der Waals surface area contributed by atoms with E-state index in [0.29, 0.717) is 36.7 Å². The zero-order chi connectivity index (χ0) is 22.7. The van der Waals surface area contributed by atoms with Gasteiger partial charge in [-0.05, 0) is 31.5 Å². The summed E-state index contributed by atoms with van der Waals surface area (Å²) in [6.07, 6.45) is 0. The van der Waals surface area contributed by atoms with Gasteiger partial charge in [0.2, 0.25) is 0 Å². The summed E-state index contributed by atoms with van der Waals surface area (Å²) in [6.45, 7) is 5.59. The van der Waals surface area contributed by atoms with E-state index in [1.807, 2.05) is 35.1 Å². The number of rotatable bonds is 8. The second-order valence-electron chi connectivity index (χ2n) is 7.77. The number of thiazole rings is 1. The molecule has 0 spiro atoms. The number of fused-ring (bicyclic) bond motifs is 1. The SMILES string of the molecule is COc1cc2cc(CNCc3csc(C)n3)c(=O)n(Cc3ccc(C)cc3)c2cc1OC. The molecule has 4 rings (SSSR count). The first-order valence-electron chi connectivity index (χ1n) is 10.4. The summed E-state index contributed by atoms with van der Waals surface area (Å²) in [5.74, 6) is 1.24. The van der Waals surface area contributed by atoms with Gasteiger partial charge in [-0.25, -0.2) is 4.98 Å². The van der Waals surface area contributed by atoms with E-state index in [4.69, 9.17) is 9.47 Å². The van der Waals surface area contributed by atoms with E-state index in [1.54, 1.807) is 25.6 Å². The van der Waals surface area contributed by atoms with E-state index in [9.17, 15) is 4.79 Å². The molecule has 0 saturated heterocycles. The van der Waals surface area contributed by atoms with Crippen molar-refractivity contribution in [2.24, 2.45) is 0 Å². The Morgan fingerprint density at radius 3 is 2.38 bits per heavy atom. The Morgan fingerprint density at radius 2 is 1.72 bits per heavy atom. The number of aromatic nitrogens is 2. The number of nitrogens with one attached hydrogen (secondary N) is 1. The zero-order valence-electron chi connectivity index (χ0n) is 18.8. The fraction of sp³-hybridized carbons (Fsp3) is 0.280. The maximum Gasteiger partial charge on any atom is 0.255 e. The Morgan fingerprint density at radius 1 is 1.00 bits per heavy atom. The number of ether oxygens (including phenoxy) is 2. The van der Waals surface area contributed by atoms with Crippen LogP contribution in [-0.2, 0) is 19.6 Å². The van der Waals surface area contributed by atoms with Crippen molar-refractivity contribution in [1.29, 1.82) is 0 Å². The predicted molar refractivity (Wildman–Crippen MR) is 129 cm³/mol. The molecule has 0 saturated carbocycles. The predicted octanol–water partition coefficient (Wildman–Crippen LogP) is 4.43. The van der Waals surface area contributed by atoms with Crippen LogP contribution in [0.3, 0.4) is 0 Å². The highest BCUT2D eigenvalue weighted by Gasteiger charge is 2.14. The number of hydrogen-bond acceptors (Lipinski definition) is 6. The molecule has 4 aromatic rings. The summed E-state index contributed by atoms with van der Waals surface area (Å²) in [5.41, 5.74) is 4.73. The molecule has 32 heavy (non-hydrogen) atoms. The molecule has 0 fully saturated rings. The maximum atomic E-state index is 13.5. The van der Waals surface area contributed by atoms with Gasteiger partial charge >= 0.3 is 0 Å². The summed E-state index contributed by atoms with van der Waals surface area (Å²) in [6, 6.07) is 14.0. The number of benzene rings is 2. The normalized spacial score (nSPS) is 11.1. The molecule has 2 aromatic carbocycles. The topological polar surface area (TPSA) is 65.4 Å². The average molecular weight is 450 g/mol. The van der Waals surface area contributed by atoms with Crippen LogP contribution >= 0.6 is 11.3 Å². The third-order valence-corrected chi connectivity index (χ3v) is 6.24. The van der Waals surface area contributed by atoms with Crippen LogP contribution < -0.4 is 20.3 Å². The lowest BCUT2D eigenvalue weighted by Gasteiger charge is -2.16. The fourth-order valence-corrected chi connectivity index (χ4v) is 4.35. The summed E-state index contributed by atoms with van der Waals surface area (Å²) < 4.78 is 12.8. The van der Waals surface area contributed by atoms with Crippen LogP contribution in [0.15, 0.2) is 52.6 Å². The van der Waals surface area contributed by atoms with Crippen molar-refractivity contribution in [2.45, 2.75) is 33.5 Å². The molecular weight excluding hydrogens is 422 g/mol. The number of nitrogens with zero attached hydrogens (tertiary/aromatic N) is 2. The molecular formula is C25H27N3O3S. The zero-order valence-corrected chi connectivity index (χ0v) is 19.6. The van der Waals surface area contributed by atoms with Gasteiger partial charge in [0.05, 0.1) is 37.0 Å². The Labute approximate surface area is 191 Å². The summed E-state index contributed by atoms with van der Waals surface area (Å²) >= 11 is 1.63. The van der Waals surface area contributed by atoms with Crippen LogP contribution in [0.1, 0.15) is 27.4 Å². The lowest BCUT2D eigenvalue weighted by molar-refractivity contribution is 0.355. The third kappa shape index (κ3) is 4.69. The van der Waals surface area contributed by atoms with Gasteiger partial charge in [-0.2, -0.15) is 0 Å². The first-order valence-corrected chi connectivity index (χ1v) is 11.3. The second kappa shape index (κ2) is 9.54. The smallest absolute Gasteiger partial charge is 0.255 e. The van der Waals surface area contributed by atoms with Gasteiger partial charge in [-0.1, -0.05) is 29.8 Å². The molecule has 0 amide bonds. The van der Waals surface area contributed by atoms with Gasteiger partial charge in [0.25, 0.3) is 5.56 Å². The molecule has 2 aromatic heterocycles. The van der Waals surface area contributed by atoms with Crippen LogP contribution in [0.4, 0.5) is 0 Å². The Kier molecular flexibility index (Phi) is 6.58. The van der Waals surface area contributed by atoms with Crippen LogP contribution in [-0.4, -0.2) is 23.8 Å². The minimum Gasteiger partial charge on any atom is -0.493 e. The van der Waals surface area contributed by atoms with Crippen molar-refractivity contribution in [2.75, 3.05) is 14.2 Å². The van der Waals surface area contributed by atoms with E-state index in [0.717, 1.165) is 27.2 Å². The highest BCUT2D eigenvalue weighted by atomic mass is 32.1. The first-order chi connectivity index (χ1) is 15.5. The molecule has 1 N–H and O–H groups in total. The quantitative estimate of drug-likeness (QED) is 0.431. The Balaban J connectivity index is 1.74. The highest BCUT2D eigenvalue weighted by molar-refractivity contribution is 7.09. The summed E-state index contributed by atoms with van der Waals surface area (Å²) in [5, 5.41) is 7.36. The number of aryl methyl sites for hydroxylation is 2. The molecule has 0 aliphatic carbocycles. The lowest BCUT2D eigenvalue weighted by Crippen LogP contribution is -2.28. The molecule has 0 aliphatic heterocycles. The molecule has 0 aliphatic rings. The Hall–Kier alpha value is -3.16. The van der Waals surface area contributed by atoms with Crippen molar-refractivity contribution < 1.29 is 9.47 Å². The van der Waals surface area contributed by atoms with Gasteiger partial charge in [-0.15, -0.1) is 11.3 Å². The van der Waals surface area contributed by atoms with E-state index in [2.05, 4.69) is 41.5 Å². The van der Waals surface area contributed by atoms with Gasteiger partial charge in [0.1, 0.15) is 0 Å². The fourth-order valence-electron chi connectivity index (χ4n) is 3.74. The largest absolute Gasteiger partial charge is 0.493 e. The molecule has 6 nitrogen and oxygen atoms in total. The van der Waals surface area contributed by atoms with Gasteiger partial charge in [-0.3, -0.25) is 4.79 Å². The molecule has 0 unspecified atom stereocenters. The van der Waals surface area contributed by atoms with E-state index in [-0.39, 0.29) is 5.56 Å². The molecule has 0 radical (unpaired) electrons. The van der Waals surface area contributed by atoms with Gasteiger partial charge < -0.3 is 19.4 Å². The molecule has 2 heterocycles. The van der Waals surface area contributed by atoms with E-state index in [1.165, 1.54) is 5.56 Å². The molecule has 0 bridgehead atoms. The van der Waals surface area contributed by atoms with Gasteiger partial charge in [0.15, 0.2) is 11.5 Å². The monoisotopic (exact) mass is 449 g/mol. The second-order valence-corrected chi connectivity index (χ2v) is 8.84. The minimum atomic E-state index is -0.0211. The summed E-state index contributed by atoms with van der Waals surface area (Å²) in [7, 11) is 3.22. The van der Waals surface area contributed by atoms with Crippen LogP contribution in [0, 0.1) is 13.8 Å².